The summed E-state index contributed by atoms with van der Waals surface area (Å²) in [6.07, 6.45) is 2.00. The van der Waals surface area contributed by atoms with Crippen molar-refractivity contribution in [3.05, 3.63) is 23.7 Å². The number of aryl methyl sites for hydroxylation is 1. The van der Waals surface area contributed by atoms with Crippen molar-refractivity contribution in [2.75, 3.05) is 0 Å². The van der Waals surface area contributed by atoms with Gasteiger partial charge in [0, 0.05) is 0 Å². The molecule has 2 N–H and O–H groups in total. The quantitative estimate of drug-likeness (QED) is 0.821. The zero-order chi connectivity index (χ0) is 13.0. The number of aliphatic carboxylic acids is 1. The molecule has 1 aromatic heterocycles. The van der Waals surface area contributed by atoms with Crippen LogP contribution in [0.5, 0.6) is 0 Å². The van der Waals surface area contributed by atoms with Crippen LogP contribution < -0.4 is 5.32 Å². The van der Waals surface area contributed by atoms with Crippen LogP contribution in [0.25, 0.3) is 0 Å². The minimum Gasteiger partial charge on any atom is -0.480 e. The second kappa shape index (κ2) is 5.52. The van der Waals surface area contributed by atoms with Gasteiger partial charge in [0.2, 0.25) is 0 Å². The normalized spacial score (nSPS) is 14.1. The SMILES string of the molecule is CCC(C)C(NC(=O)c1coc(C)c1)C(=O)O. The highest BCUT2D eigenvalue weighted by Gasteiger charge is 2.26. The number of amides is 1. The molecule has 5 nitrogen and oxygen atoms in total. The van der Waals surface area contributed by atoms with Gasteiger partial charge in [-0.2, -0.15) is 0 Å². The Balaban J connectivity index is 2.74. The molecule has 0 spiro atoms. The van der Waals surface area contributed by atoms with Gasteiger partial charge in [0.05, 0.1) is 5.56 Å². The lowest BCUT2D eigenvalue weighted by molar-refractivity contribution is -0.140. The van der Waals surface area contributed by atoms with Crippen molar-refractivity contribution in [1.82, 2.24) is 5.32 Å². The van der Waals surface area contributed by atoms with Crippen LogP contribution in [-0.4, -0.2) is 23.0 Å². The highest BCUT2D eigenvalue weighted by Crippen LogP contribution is 2.11. The fraction of sp³-hybridized carbons (Fsp3) is 0.500. The average Bonchev–Trinajstić information content (AvgIpc) is 2.71. The Labute approximate surface area is 99.8 Å². The van der Waals surface area contributed by atoms with E-state index in [0.29, 0.717) is 17.7 Å². The number of hydrogen-bond acceptors (Lipinski definition) is 3. The van der Waals surface area contributed by atoms with Crippen molar-refractivity contribution >= 4 is 11.9 Å². The van der Waals surface area contributed by atoms with Crippen molar-refractivity contribution in [2.45, 2.75) is 33.2 Å². The van der Waals surface area contributed by atoms with Gasteiger partial charge in [-0.3, -0.25) is 4.79 Å². The van der Waals surface area contributed by atoms with Crippen LogP contribution in [0.1, 0.15) is 36.4 Å². The third-order valence-corrected chi connectivity index (χ3v) is 2.76. The molecule has 2 atom stereocenters. The third-order valence-electron chi connectivity index (χ3n) is 2.76. The molecule has 0 bridgehead atoms. The number of carbonyl (C=O) groups excluding carboxylic acids is 1. The van der Waals surface area contributed by atoms with Crippen LogP contribution in [0.2, 0.25) is 0 Å². The number of nitrogens with one attached hydrogen (secondary N) is 1. The van der Waals surface area contributed by atoms with Crippen LogP contribution >= 0.6 is 0 Å². The lowest BCUT2D eigenvalue weighted by Crippen LogP contribution is -2.44. The molecule has 1 rings (SSSR count). The predicted molar refractivity (Wildman–Crippen MR) is 61.8 cm³/mol. The van der Waals surface area contributed by atoms with Gasteiger partial charge < -0.3 is 14.8 Å². The van der Waals surface area contributed by atoms with E-state index in [2.05, 4.69) is 5.32 Å². The monoisotopic (exact) mass is 239 g/mol. The molecule has 5 heteroatoms. The molecule has 1 amide bonds. The van der Waals surface area contributed by atoms with Gasteiger partial charge in [-0.15, -0.1) is 0 Å². The minimum absolute atomic E-state index is 0.121. The topological polar surface area (TPSA) is 79.5 Å². The Morgan fingerprint density at radius 2 is 2.18 bits per heavy atom. The van der Waals surface area contributed by atoms with E-state index in [0.717, 1.165) is 0 Å². The van der Waals surface area contributed by atoms with E-state index in [4.69, 9.17) is 9.52 Å². The molecular formula is C12H17NO4. The summed E-state index contributed by atoms with van der Waals surface area (Å²) in [6, 6.07) is 0.702. The predicted octanol–water partition coefficient (Wildman–Crippen LogP) is 1.82. The summed E-state index contributed by atoms with van der Waals surface area (Å²) in [5, 5.41) is 11.5. The van der Waals surface area contributed by atoms with Gasteiger partial charge in [-0.05, 0) is 18.9 Å². The van der Waals surface area contributed by atoms with E-state index in [1.54, 1.807) is 19.9 Å². The second-order valence-electron chi connectivity index (χ2n) is 4.12. The number of hydrogen-bond donors (Lipinski definition) is 2. The molecule has 0 aliphatic heterocycles. The first-order valence-corrected chi connectivity index (χ1v) is 5.54. The molecule has 2 unspecified atom stereocenters. The van der Waals surface area contributed by atoms with E-state index in [1.165, 1.54) is 6.26 Å². The van der Waals surface area contributed by atoms with Gasteiger partial charge in [-0.1, -0.05) is 20.3 Å². The summed E-state index contributed by atoms with van der Waals surface area (Å²) in [6.45, 7) is 5.40. The van der Waals surface area contributed by atoms with Crippen LogP contribution in [0.4, 0.5) is 0 Å². The first-order valence-electron chi connectivity index (χ1n) is 5.54. The Morgan fingerprint density at radius 1 is 1.53 bits per heavy atom. The summed E-state index contributed by atoms with van der Waals surface area (Å²) in [4.78, 5) is 22.8. The fourth-order valence-electron chi connectivity index (χ4n) is 1.47. The number of carboxylic acid groups (broad SMARTS) is 1. The van der Waals surface area contributed by atoms with Gasteiger partial charge >= 0.3 is 5.97 Å². The number of carboxylic acids is 1. The maximum Gasteiger partial charge on any atom is 0.326 e. The van der Waals surface area contributed by atoms with Crippen LogP contribution in [-0.2, 0) is 4.79 Å². The standard InChI is InChI=1S/C12H17NO4/c1-4-7(2)10(12(15)16)13-11(14)9-5-8(3)17-6-9/h5-7,10H,4H2,1-3H3,(H,13,14)(H,15,16). The molecule has 0 fully saturated rings. The Morgan fingerprint density at radius 3 is 2.59 bits per heavy atom. The van der Waals surface area contributed by atoms with Crippen LogP contribution in [0, 0.1) is 12.8 Å². The minimum atomic E-state index is -1.02. The maximum absolute atomic E-state index is 11.8. The van der Waals surface area contributed by atoms with Crippen molar-refractivity contribution < 1.29 is 19.1 Å². The van der Waals surface area contributed by atoms with E-state index in [-0.39, 0.29) is 5.92 Å². The molecule has 0 saturated heterocycles. The Kier molecular flexibility index (Phi) is 4.31. The molecule has 0 saturated carbocycles. The van der Waals surface area contributed by atoms with Crippen molar-refractivity contribution in [3.8, 4) is 0 Å². The van der Waals surface area contributed by atoms with Gasteiger partial charge in [-0.25, -0.2) is 4.79 Å². The Hall–Kier alpha value is -1.78. The molecule has 1 aromatic rings. The van der Waals surface area contributed by atoms with Crippen molar-refractivity contribution in [1.29, 1.82) is 0 Å². The molecule has 1 heterocycles. The number of carbonyl (C=O) groups is 2. The highest BCUT2D eigenvalue weighted by molar-refractivity contribution is 5.96. The van der Waals surface area contributed by atoms with Crippen molar-refractivity contribution in [2.24, 2.45) is 5.92 Å². The van der Waals surface area contributed by atoms with E-state index in [9.17, 15) is 9.59 Å². The molecule has 0 aliphatic carbocycles. The number of rotatable bonds is 5. The summed E-state index contributed by atoms with van der Waals surface area (Å²) in [5.74, 6) is -0.947. The van der Waals surface area contributed by atoms with Gasteiger partial charge in [0.25, 0.3) is 5.91 Å². The van der Waals surface area contributed by atoms with Crippen LogP contribution in [0.15, 0.2) is 16.7 Å². The molecule has 94 valence electrons. The Bertz CT molecular complexity index is 410. The fourth-order valence-corrected chi connectivity index (χ4v) is 1.47. The van der Waals surface area contributed by atoms with Gasteiger partial charge in [0.1, 0.15) is 18.1 Å². The van der Waals surface area contributed by atoms with E-state index in [1.807, 2.05) is 6.92 Å². The first kappa shape index (κ1) is 13.3. The summed E-state index contributed by atoms with van der Waals surface area (Å²) in [7, 11) is 0. The molecular weight excluding hydrogens is 222 g/mol. The molecule has 0 aromatic carbocycles. The molecule has 0 radical (unpaired) electrons. The van der Waals surface area contributed by atoms with Gasteiger partial charge in [0.15, 0.2) is 0 Å². The summed E-state index contributed by atoms with van der Waals surface area (Å²) in [5.41, 5.74) is 0.344. The van der Waals surface area contributed by atoms with Crippen LogP contribution in [0.3, 0.4) is 0 Å². The lowest BCUT2D eigenvalue weighted by atomic mass is 9.99. The van der Waals surface area contributed by atoms with Crippen molar-refractivity contribution in [3.63, 3.8) is 0 Å². The van der Waals surface area contributed by atoms with E-state index >= 15 is 0 Å². The second-order valence-corrected chi connectivity index (χ2v) is 4.12. The number of furan rings is 1. The zero-order valence-electron chi connectivity index (χ0n) is 10.2. The average molecular weight is 239 g/mol. The lowest BCUT2D eigenvalue weighted by Gasteiger charge is -2.19. The smallest absolute Gasteiger partial charge is 0.326 e. The van der Waals surface area contributed by atoms with E-state index < -0.39 is 17.9 Å². The molecule has 0 aliphatic rings. The highest BCUT2D eigenvalue weighted by atomic mass is 16.4. The zero-order valence-corrected chi connectivity index (χ0v) is 10.2. The maximum atomic E-state index is 11.8. The first-order chi connectivity index (χ1) is 7.95. The molecule has 17 heavy (non-hydrogen) atoms. The summed E-state index contributed by atoms with van der Waals surface area (Å²) < 4.78 is 5.01. The summed E-state index contributed by atoms with van der Waals surface area (Å²) >= 11 is 0. The third kappa shape index (κ3) is 3.34. The largest absolute Gasteiger partial charge is 0.480 e.